The minimum absolute atomic E-state index is 0.238. The molecule has 3 rings (SSSR count). The van der Waals surface area contributed by atoms with E-state index in [1.807, 2.05) is 30.3 Å². The zero-order valence-corrected chi connectivity index (χ0v) is 12.5. The van der Waals surface area contributed by atoms with Gasteiger partial charge in [0.05, 0.1) is 11.2 Å². The van der Waals surface area contributed by atoms with E-state index >= 15 is 0 Å². The van der Waals surface area contributed by atoms with Crippen LogP contribution in [0.5, 0.6) is 0 Å². The Hall–Kier alpha value is -1.92. The first-order valence-electron chi connectivity index (χ1n) is 7.11. The third-order valence-corrected chi connectivity index (χ3v) is 4.51. The molecule has 0 saturated carbocycles. The summed E-state index contributed by atoms with van der Waals surface area (Å²) in [6, 6.07) is 9.15. The van der Waals surface area contributed by atoms with Gasteiger partial charge in [-0.25, -0.2) is 9.78 Å². The predicted octanol–water partition coefficient (Wildman–Crippen LogP) is 3.25. The van der Waals surface area contributed by atoms with Crippen LogP contribution >= 0.6 is 11.3 Å². The standard InChI is InChI=1S/C15H18N4OS/c20-15(18-12-6-2-1-3-7-12)19-13-10-17-14(21-13)11-5-4-8-16-9-11/h1-3,6-7,10-11,16H,4-5,8-9H2,(H2,18,19,20)/t11-/m1/s1. The van der Waals surface area contributed by atoms with Gasteiger partial charge in [-0.3, -0.25) is 5.32 Å². The predicted molar refractivity (Wildman–Crippen MR) is 86.0 cm³/mol. The quantitative estimate of drug-likeness (QED) is 0.815. The first-order valence-corrected chi connectivity index (χ1v) is 7.92. The number of amides is 2. The number of urea groups is 1. The van der Waals surface area contributed by atoms with Crippen molar-refractivity contribution in [2.45, 2.75) is 18.8 Å². The molecular weight excluding hydrogens is 284 g/mol. The summed E-state index contributed by atoms with van der Waals surface area (Å²) in [5, 5.41) is 10.9. The molecule has 5 nitrogen and oxygen atoms in total. The summed E-state index contributed by atoms with van der Waals surface area (Å²) < 4.78 is 0. The van der Waals surface area contributed by atoms with Gasteiger partial charge in [0, 0.05) is 18.2 Å². The topological polar surface area (TPSA) is 66.0 Å². The average Bonchev–Trinajstić information content (AvgIpc) is 2.97. The zero-order valence-electron chi connectivity index (χ0n) is 11.6. The average molecular weight is 302 g/mol. The molecule has 21 heavy (non-hydrogen) atoms. The Morgan fingerprint density at radius 1 is 1.29 bits per heavy atom. The van der Waals surface area contributed by atoms with Gasteiger partial charge in [0.2, 0.25) is 0 Å². The number of aromatic nitrogens is 1. The van der Waals surface area contributed by atoms with Crippen LogP contribution in [0.15, 0.2) is 36.5 Å². The first-order chi connectivity index (χ1) is 10.3. The Labute approximate surface area is 127 Å². The van der Waals surface area contributed by atoms with E-state index in [0.29, 0.717) is 5.92 Å². The molecule has 0 spiro atoms. The van der Waals surface area contributed by atoms with Crippen LogP contribution in [0.2, 0.25) is 0 Å². The molecule has 1 aromatic heterocycles. The fourth-order valence-corrected chi connectivity index (χ4v) is 3.34. The van der Waals surface area contributed by atoms with Gasteiger partial charge in [-0.2, -0.15) is 0 Å². The second kappa shape index (κ2) is 6.69. The lowest BCUT2D eigenvalue weighted by Crippen LogP contribution is -2.28. The van der Waals surface area contributed by atoms with Crippen LogP contribution in [0.1, 0.15) is 23.8 Å². The smallest absolute Gasteiger partial charge is 0.316 e. The van der Waals surface area contributed by atoms with Crippen LogP contribution in [0.3, 0.4) is 0 Å². The largest absolute Gasteiger partial charge is 0.324 e. The summed E-state index contributed by atoms with van der Waals surface area (Å²) in [5.74, 6) is 0.469. The summed E-state index contributed by atoms with van der Waals surface area (Å²) in [5.41, 5.74) is 0.774. The van der Waals surface area contributed by atoms with Crippen molar-refractivity contribution in [3.05, 3.63) is 41.5 Å². The van der Waals surface area contributed by atoms with E-state index in [4.69, 9.17) is 0 Å². The maximum absolute atomic E-state index is 11.9. The van der Waals surface area contributed by atoms with Gasteiger partial charge in [0.15, 0.2) is 0 Å². The van der Waals surface area contributed by atoms with Gasteiger partial charge >= 0.3 is 6.03 Å². The monoisotopic (exact) mass is 302 g/mol. The number of benzene rings is 1. The van der Waals surface area contributed by atoms with Crippen molar-refractivity contribution in [2.75, 3.05) is 23.7 Å². The summed E-state index contributed by atoms with van der Waals surface area (Å²) in [7, 11) is 0. The SMILES string of the molecule is O=C(Nc1ccccc1)Nc1cnc([C@@H]2CCCNC2)s1. The summed E-state index contributed by atoms with van der Waals surface area (Å²) >= 11 is 1.56. The van der Waals surface area contributed by atoms with Gasteiger partial charge in [0.25, 0.3) is 0 Å². The normalized spacial score (nSPS) is 18.2. The van der Waals surface area contributed by atoms with E-state index < -0.39 is 0 Å². The van der Waals surface area contributed by atoms with Crippen molar-refractivity contribution in [3.8, 4) is 0 Å². The lowest BCUT2D eigenvalue weighted by atomic mass is 10.0. The fourth-order valence-electron chi connectivity index (χ4n) is 2.39. The molecular formula is C15H18N4OS. The second-order valence-corrected chi connectivity index (χ2v) is 6.11. The maximum atomic E-state index is 11.9. The molecule has 2 heterocycles. The van der Waals surface area contributed by atoms with Gasteiger partial charge in [-0.15, -0.1) is 11.3 Å². The lowest BCUT2D eigenvalue weighted by molar-refractivity contribution is 0.262. The lowest BCUT2D eigenvalue weighted by Gasteiger charge is -2.20. The number of piperidine rings is 1. The second-order valence-electron chi connectivity index (χ2n) is 5.05. The number of carbonyl (C=O) groups is 1. The number of nitrogens with one attached hydrogen (secondary N) is 3. The Kier molecular flexibility index (Phi) is 4.47. The van der Waals surface area contributed by atoms with E-state index in [9.17, 15) is 4.79 Å². The molecule has 3 N–H and O–H groups in total. The van der Waals surface area contributed by atoms with Crippen molar-refractivity contribution in [1.82, 2.24) is 10.3 Å². The molecule has 1 fully saturated rings. The third-order valence-electron chi connectivity index (χ3n) is 3.44. The molecule has 2 aromatic rings. The Morgan fingerprint density at radius 3 is 2.90 bits per heavy atom. The minimum Gasteiger partial charge on any atom is -0.316 e. The number of rotatable bonds is 3. The van der Waals surface area contributed by atoms with E-state index in [1.165, 1.54) is 6.42 Å². The summed E-state index contributed by atoms with van der Waals surface area (Å²) in [6.45, 7) is 2.07. The molecule has 2 amide bonds. The summed E-state index contributed by atoms with van der Waals surface area (Å²) in [6.07, 6.45) is 4.08. The molecule has 1 saturated heterocycles. The van der Waals surface area contributed by atoms with Gasteiger partial charge < -0.3 is 10.6 Å². The first kappa shape index (κ1) is 14.0. The molecule has 0 radical (unpaired) electrons. The van der Waals surface area contributed by atoms with E-state index in [-0.39, 0.29) is 6.03 Å². The van der Waals surface area contributed by atoms with E-state index in [0.717, 1.165) is 35.2 Å². The number of hydrogen-bond acceptors (Lipinski definition) is 4. The van der Waals surface area contributed by atoms with E-state index in [2.05, 4.69) is 20.9 Å². The molecule has 0 aliphatic carbocycles. The fraction of sp³-hybridized carbons (Fsp3) is 0.333. The number of nitrogens with zero attached hydrogens (tertiary/aromatic N) is 1. The molecule has 1 aromatic carbocycles. The van der Waals surface area contributed by atoms with Crippen LogP contribution in [0, 0.1) is 0 Å². The van der Waals surface area contributed by atoms with Crippen molar-refractivity contribution < 1.29 is 4.79 Å². The van der Waals surface area contributed by atoms with Gasteiger partial charge in [-0.1, -0.05) is 18.2 Å². The number of para-hydroxylation sites is 1. The van der Waals surface area contributed by atoms with Crippen LogP contribution in [-0.2, 0) is 0 Å². The van der Waals surface area contributed by atoms with Crippen molar-refractivity contribution in [3.63, 3.8) is 0 Å². The number of carbonyl (C=O) groups excluding carboxylic acids is 1. The van der Waals surface area contributed by atoms with E-state index in [1.54, 1.807) is 17.5 Å². The molecule has 1 aliphatic rings. The van der Waals surface area contributed by atoms with Gasteiger partial charge in [0.1, 0.15) is 5.00 Å². The highest BCUT2D eigenvalue weighted by molar-refractivity contribution is 7.15. The minimum atomic E-state index is -0.238. The third kappa shape index (κ3) is 3.80. The summed E-state index contributed by atoms with van der Waals surface area (Å²) in [4.78, 5) is 16.3. The van der Waals surface area contributed by atoms with Crippen LogP contribution in [0.25, 0.3) is 0 Å². The maximum Gasteiger partial charge on any atom is 0.324 e. The molecule has 6 heteroatoms. The van der Waals surface area contributed by atoms with Crippen LogP contribution in [0.4, 0.5) is 15.5 Å². The highest BCUT2D eigenvalue weighted by Gasteiger charge is 2.18. The highest BCUT2D eigenvalue weighted by atomic mass is 32.1. The van der Waals surface area contributed by atoms with Gasteiger partial charge in [-0.05, 0) is 31.5 Å². The molecule has 0 unspecified atom stereocenters. The molecule has 110 valence electrons. The molecule has 1 atom stereocenters. The number of thiazole rings is 1. The van der Waals surface area contributed by atoms with Crippen LogP contribution in [-0.4, -0.2) is 24.1 Å². The molecule has 0 bridgehead atoms. The Bertz CT molecular complexity index is 593. The Balaban J connectivity index is 1.57. The van der Waals surface area contributed by atoms with Crippen LogP contribution < -0.4 is 16.0 Å². The van der Waals surface area contributed by atoms with Crippen molar-refractivity contribution in [2.24, 2.45) is 0 Å². The number of anilines is 2. The highest BCUT2D eigenvalue weighted by Crippen LogP contribution is 2.29. The Morgan fingerprint density at radius 2 is 2.14 bits per heavy atom. The van der Waals surface area contributed by atoms with Crippen molar-refractivity contribution in [1.29, 1.82) is 0 Å². The number of hydrogen-bond donors (Lipinski definition) is 3. The van der Waals surface area contributed by atoms with Crippen molar-refractivity contribution >= 4 is 28.1 Å². The molecule has 1 aliphatic heterocycles. The zero-order chi connectivity index (χ0) is 14.5.